The number of imidazole rings is 1. The van der Waals surface area contributed by atoms with E-state index < -0.39 is 84.6 Å². The second kappa shape index (κ2) is 21.5. The summed E-state index contributed by atoms with van der Waals surface area (Å²) in [6.45, 7) is 2.59. The van der Waals surface area contributed by atoms with Gasteiger partial charge in [-0.15, -0.1) is 0 Å². The second-order valence-electron chi connectivity index (χ2n) is 13.1. The molecule has 0 spiro atoms. The molecule has 7 atom stereocenters. The Kier molecular flexibility index (Phi) is 18.4. The molecule has 2 aromatic rings. The standard InChI is InChI=1S/C29H48N7O17P3S/c1-4-5-6-7-8-9-20(38)57-13-12-31-19(37)10-11-32-27(41)24(40)29(2,3)15-50-56(47,48)53-55(45,46)49-14-18-23(52-54(42,43)44)22(39)28(51-18)36-17-35-21-25(30)33-16-34-26(21)36/h8-9,16-18,22-24,28,39-40H,4-7,10-15H2,1-3H3,(H,31,37)(H,32,41)(H,45,46)(H,47,48)(H2,30,33,34)(H2,42,43,44)/b9-8-/t18-,22-,23-,24+,28-/m1/s1. The molecule has 0 saturated carbocycles. The number of fused-ring (bicyclic) bond motifs is 1. The molecule has 3 heterocycles. The predicted octanol–water partition coefficient (Wildman–Crippen LogP) is 0.801. The predicted molar refractivity (Wildman–Crippen MR) is 200 cm³/mol. The third-order valence-electron chi connectivity index (χ3n) is 7.97. The van der Waals surface area contributed by atoms with Crippen LogP contribution in [0.15, 0.2) is 24.8 Å². The Bertz CT molecular complexity index is 1860. The number of nitrogen functional groups attached to an aromatic ring is 1. The zero-order valence-corrected chi connectivity index (χ0v) is 34.6. The van der Waals surface area contributed by atoms with Crippen LogP contribution in [0.4, 0.5) is 5.82 Å². The van der Waals surface area contributed by atoms with E-state index in [2.05, 4.69) is 41.3 Å². The lowest BCUT2D eigenvalue weighted by Gasteiger charge is -2.30. The number of nitrogens with zero attached hydrogens (tertiary/aromatic N) is 4. The minimum absolute atomic E-state index is 0.0310. The summed E-state index contributed by atoms with van der Waals surface area (Å²) < 4.78 is 62.1. The lowest BCUT2D eigenvalue weighted by atomic mass is 9.87. The molecule has 322 valence electrons. The number of aromatic nitrogens is 4. The molecule has 2 unspecified atom stereocenters. The van der Waals surface area contributed by atoms with Gasteiger partial charge in [0.15, 0.2) is 17.7 Å². The van der Waals surface area contributed by atoms with E-state index in [1.165, 1.54) is 19.9 Å². The highest BCUT2D eigenvalue weighted by Gasteiger charge is 2.50. The molecular formula is C29H48N7O17P3S. The Balaban J connectivity index is 1.46. The van der Waals surface area contributed by atoms with Crippen LogP contribution in [-0.2, 0) is 50.7 Å². The zero-order valence-electron chi connectivity index (χ0n) is 31.1. The van der Waals surface area contributed by atoms with Crippen LogP contribution in [-0.4, -0.2) is 123 Å². The number of phosphoric ester groups is 3. The molecule has 0 radical (unpaired) electrons. The highest BCUT2D eigenvalue weighted by molar-refractivity contribution is 8.14. The number of hydrogen-bond donors (Lipinski definition) is 9. The number of anilines is 1. The fourth-order valence-corrected chi connectivity index (χ4v) is 8.45. The first-order chi connectivity index (χ1) is 26.6. The van der Waals surface area contributed by atoms with Gasteiger partial charge in [0.1, 0.15) is 36.3 Å². The molecule has 3 rings (SSSR count). The first-order valence-electron chi connectivity index (χ1n) is 17.3. The molecule has 0 bridgehead atoms. The first kappa shape index (κ1) is 48.7. The van der Waals surface area contributed by atoms with E-state index in [0.29, 0.717) is 5.75 Å². The van der Waals surface area contributed by atoms with Gasteiger partial charge in [0.05, 0.1) is 19.5 Å². The van der Waals surface area contributed by atoms with Crippen LogP contribution in [0.25, 0.3) is 11.2 Å². The Labute approximate surface area is 330 Å². The SMILES string of the molecule is CCCCC/C=C\C(=O)SCCNC(=O)CCNC(=O)[C@H](O)C(C)(C)COP(=O)(O)OP(=O)(O)OC[C@H]1O[C@@H](n2cnc3c(N)ncnc32)[C@H](O)[C@@H]1OP(=O)(O)O. The number of allylic oxidation sites excluding steroid dienone is 1. The van der Waals surface area contributed by atoms with Crippen molar-refractivity contribution in [3.8, 4) is 0 Å². The van der Waals surface area contributed by atoms with Gasteiger partial charge < -0.3 is 50.9 Å². The minimum atomic E-state index is -5.57. The van der Waals surface area contributed by atoms with Gasteiger partial charge in [-0.05, 0) is 18.9 Å². The van der Waals surface area contributed by atoms with Gasteiger partial charge in [0, 0.05) is 30.7 Å². The van der Waals surface area contributed by atoms with Crippen molar-refractivity contribution < 1.29 is 80.5 Å². The first-order valence-corrected chi connectivity index (χ1v) is 22.8. The van der Waals surface area contributed by atoms with Crippen LogP contribution in [0.2, 0.25) is 0 Å². The monoisotopic (exact) mass is 891 g/mol. The lowest BCUT2D eigenvalue weighted by Crippen LogP contribution is -2.46. The van der Waals surface area contributed by atoms with Crippen molar-refractivity contribution in [3.63, 3.8) is 0 Å². The number of carbonyl (C=O) groups excluding carboxylic acids is 3. The number of unbranched alkanes of at least 4 members (excludes halogenated alkanes) is 3. The maximum atomic E-state index is 12.7. The number of ether oxygens (including phenoxy) is 1. The zero-order chi connectivity index (χ0) is 42.6. The van der Waals surface area contributed by atoms with Crippen molar-refractivity contribution >= 4 is 69.1 Å². The third kappa shape index (κ3) is 15.8. The third-order valence-corrected chi connectivity index (χ3v) is 11.9. The van der Waals surface area contributed by atoms with E-state index in [4.69, 9.17) is 19.5 Å². The Morgan fingerprint density at radius 1 is 1.07 bits per heavy atom. The van der Waals surface area contributed by atoms with Crippen molar-refractivity contribution in [1.82, 2.24) is 30.2 Å². The van der Waals surface area contributed by atoms with Gasteiger partial charge in [-0.1, -0.05) is 51.5 Å². The van der Waals surface area contributed by atoms with Gasteiger partial charge in [-0.2, -0.15) is 4.31 Å². The summed E-state index contributed by atoms with van der Waals surface area (Å²) in [6.07, 6.45) is 0.413. The molecule has 0 aromatic carbocycles. The van der Waals surface area contributed by atoms with E-state index in [1.807, 2.05) is 6.08 Å². The van der Waals surface area contributed by atoms with Crippen LogP contribution < -0.4 is 16.4 Å². The average Bonchev–Trinajstić information content (AvgIpc) is 3.68. The highest BCUT2D eigenvalue weighted by atomic mass is 32.2. The average molecular weight is 892 g/mol. The van der Waals surface area contributed by atoms with E-state index >= 15 is 0 Å². The maximum absolute atomic E-state index is 12.7. The Hall–Kier alpha value is -2.70. The highest BCUT2D eigenvalue weighted by Crippen LogP contribution is 2.61. The number of thioether (sulfide) groups is 1. The van der Waals surface area contributed by atoms with Crippen molar-refractivity contribution in [2.45, 2.75) is 83.5 Å². The van der Waals surface area contributed by atoms with Crippen LogP contribution in [0.1, 0.15) is 59.1 Å². The van der Waals surface area contributed by atoms with Crippen molar-refractivity contribution in [1.29, 1.82) is 0 Å². The second-order valence-corrected chi connectivity index (χ2v) is 18.5. The smallest absolute Gasteiger partial charge is 0.386 e. The molecule has 0 aliphatic carbocycles. The van der Waals surface area contributed by atoms with Crippen molar-refractivity contribution in [2.24, 2.45) is 5.41 Å². The molecule has 2 amide bonds. The summed E-state index contributed by atoms with van der Waals surface area (Å²) in [5.41, 5.74) is 4.26. The molecule has 57 heavy (non-hydrogen) atoms. The van der Waals surface area contributed by atoms with Gasteiger partial charge in [-0.25, -0.2) is 28.6 Å². The van der Waals surface area contributed by atoms with E-state index in [0.717, 1.165) is 54.7 Å². The summed E-state index contributed by atoms with van der Waals surface area (Å²) in [6, 6.07) is 0. The fourth-order valence-electron chi connectivity index (χ4n) is 5.02. The minimum Gasteiger partial charge on any atom is -0.386 e. The number of aliphatic hydroxyl groups excluding tert-OH is 2. The summed E-state index contributed by atoms with van der Waals surface area (Å²) in [4.78, 5) is 87.5. The number of rotatable bonds is 24. The van der Waals surface area contributed by atoms with Crippen molar-refractivity contribution in [2.75, 3.05) is 37.8 Å². The lowest BCUT2D eigenvalue weighted by molar-refractivity contribution is -0.137. The number of amides is 2. The normalized spacial score (nSPS) is 21.6. The van der Waals surface area contributed by atoms with Gasteiger partial charge in [0.25, 0.3) is 0 Å². The molecular weight excluding hydrogens is 843 g/mol. The quantitative estimate of drug-likeness (QED) is 0.0400. The number of aliphatic hydroxyl groups is 2. The maximum Gasteiger partial charge on any atom is 0.481 e. The topological polar surface area (TPSA) is 364 Å². The molecule has 1 aliphatic rings. The van der Waals surface area contributed by atoms with E-state index in [-0.39, 0.29) is 41.6 Å². The van der Waals surface area contributed by atoms with Gasteiger partial charge in [0.2, 0.25) is 16.9 Å². The molecule has 1 aliphatic heterocycles. The van der Waals surface area contributed by atoms with Gasteiger partial charge >= 0.3 is 23.5 Å². The number of carbonyl (C=O) groups is 3. The molecule has 10 N–H and O–H groups in total. The Morgan fingerprint density at radius 3 is 2.46 bits per heavy atom. The summed E-state index contributed by atoms with van der Waals surface area (Å²) in [5.74, 6) is -1.11. The van der Waals surface area contributed by atoms with E-state index in [1.54, 1.807) is 0 Å². The number of nitrogens with one attached hydrogen (secondary N) is 2. The molecule has 2 aromatic heterocycles. The summed E-state index contributed by atoms with van der Waals surface area (Å²) >= 11 is 1.05. The Morgan fingerprint density at radius 2 is 1.77 bits per heavy atom. The van der Waals surface area contributed by atoms with Crippen LogP contribution in [0, 0.1) is 5.41 Å². The molecule has 1 saturated heterocycles. The molecule has 1 fully saturated rings. The summed E-state index contributed by atoms with van der Waals surface area (Å²) in [5, 5.41) is 26.3. The largest absolute Gasteiger partial charge is 0.481 e. The van der Waals surface area contributed by atoms with E-state index in [9.17, 15) is 57.9 Å². The van der Waals surface area contributed by atoms with Crippen LogP contribution in [0.5, 0.6) is 0 Å². The number of nitrogens with two attached hydrogens (primary N) is 1. The van der Waals surface area contributed by atoms with Crippen LogP contribution >= 0.6 is 35.2 Å². The van der Waals surface area contributed by atoms with Gasteiger partial charge in [-0.3, -0.25) is 32.5 Å². The summed E-state index contributed by atoms with van der Waals surface area (Å²) in [7, 11) is -16.4. The number of hydrogen-bond acceptors (Lipinski definition) is 18. The molecule has 24 nitrogen and oxygen atoms in total. The molecule has 28 heteroatoms. The van der Waals surface area contributed by atoms with Crippen LogP contribution in [0.3, 0.4) is 0 Å². The van der Waals surface area contributed by atoms with Crippen molar-refractivity contribution in [3.05, 3.63) is 24.8 Å². The fraction of sp³-hybridized carbons (Fsp3) is 0.655. The number of phosphoric acid groups is 3.